The van der Waals surface area contributed by atoms with Crippen molar-refractivity contribution in [2.24, 2.45) is 0 Å². The van der Waals surface area contributed by atoms with Gasteiger partial charge < -0.3 is 19.1 Å². The molecular formula is C31H44N2O4. The summed E-state index contributed by atoms with van der Waals surface area (Å²) in [6.07, 6.45) is 6.77. The molecule has 202 valence electrons. The van der Waals surface area contributed by atoms with Crippen LogP contribution in [0.1, 0.15) is 61.6 Å². The minimum Gasteiger partial charge on any atom is -0.494 e. The number of nitrogens with zero attached hydrogens (tertiary/aromatic N) is 2. The number of hydrogen-bond acceptors (Lipinski definition) is 5. The number of ether oxygens (including phenoxy) is 3. The molecule has 2 aliphatic rings. The Bertz CT molecular complexity index is 1020. The first-order valence-corrected chi connectivity index (χ1v) is 13.9. The Morgan fingerprint density at radius 3 is 2.57 bits per heavy atom. The SMILES string of the molecule is COC1(COc2ccc(C)cc2C)CCN(Cc2cccc(OCCCN3CCCCCC3=O)c2)CC1. The summed E-state index contributed by atoms with van der Waals surface area (Å²) >= 11 is 0. The van der Waals surface area contributed by atoms with Gasteiger partial charge in [0.2, 0.25) is 5.91 Å². The monoisotopic (exact) mass is 508 g/mol. The number of likely N-dealkylation sites (tertiary alicyclic amines) is 2. The summed E-state index contributed by atoms with van der Waals surface area (Å²) in [5, 5.41) is 0. The van der Waals surface area contributed by atoms with E-state index >= 15 is 0 Å². The molecule has 2 aromatic carbocycles. The van der Waals surface area contributed by atoms with Gasteiger partial charge >= 0.3 is 0 Å². The van der Waals surface area contributed by atoms with E-state index in [1.165, 1.54) is 16.7 Å². The van der Waals surface area contributed by atoms with Crippen molar-refractivity contribution in [1.29, 1.82) is 0 Å². The van der Waals surface area contributed by atoms with Crippen LogP contribution in [0.15, 0.2) is 42.5 Å². The van der Waals surface area contributed by atoms with E-state index in [0.29, 0.717) is 25.5 Å². The highest BCUT2D eigenvalue weighted by Crippen LogP contribution is 2.29. The number of methoxy groups -OCH3 is 1. The molecule has 0 spiro atoms. The van der Waals surface area contributed by atoms with Crippen molar-refractivity contribution in [3.05, 3.63) is 59.2 Å². The zero-order chi connectivity index (χ0) is 26.1. The Balaban J connectivity index is 1.21. The van der Waals surface area contributed by atoms with Crippen LogP contribution < -0.4 is 9.47 Å². The summed E-state index contributed by atoms with van der Waals surface area (Å²) < 4.78 is 18.3. The highest BCUT2D eigenvalue weighted by atomic mass is 16.5. The highest BCUT2D eigenvalue weighted by Gasteiger charge is 2.35. The fourth-order valence-corrected chi connectivity index (χ4v) is 5.41. The Kier molecular flexibility index (Phi) is 9.87. The van der Waals surface area contributed by atoms with Gasteiger partial charge in [0, 0.05) is 46.3 Å². The van der Waals surface area contributed by atoms with Gasteiger partial charge in [0.25, 0.3) is 0 Å². The van der Waals surface area contributed by atoms with E-state index in [9.17, 15) is 4.79 Å². The third-order valence-electron chi connectivity index (χ3n) is 7.84. The van der Waals surface area contributed by atoms with Crippen LogP contribution in [0.5, 0.6) is 11.5 Å². The first-order valence-electron chi connectivity index (χ1n) is 13.9. The molecule has 0 atom stereocenters. The fourth-order valence-electron chi connectivity index (χ4n) is 5.41. The molecule has 2 fully saturated rings. The second kappa shape index (κ2) is 13.3. The predicted molar refractivity (Wildman–Crippen MR) is 147 cm³/mol. The molecule has 1 amide bonds. The highest BCUT2D eigenvalue weighted by molar-refractivity contribution is 5.76. The number of rotatable bonds is 11. The molecule has 0 bridgehead atoms. The van der Waals surface area contributed by atoms with Gasteiger partial charge in [0.1, 0.15) is 23.7 Å². The molecule has 0 saturated carbocycles. The maximum absolute atomic E-state index is 12.2. The van der Waals surface area contributed by atoms with Gasteiger partial charge in [-0.3, -0.25) is 9.69 Å². The van der Waals surface area contributed by atoms with E-state index in [4.69, 9.17) is 14.2 Å². The Hall–Kier alpha value is -2.57. The van der Waals surface area contributed by atoms with Gasteiger partial charge in [-0.2, -0.15) is 0 Å². The molecule has 0 aliphatic carbocycles. The van der Waals surface area contributed by atoms with Gasteiger partial charge in [-0.05, 0) is 75.3 Å². The minimum absolute atomic E-state index is 0.243. The van der Waals surface area contributed by atoms with Crippen molar-refractivity contribution >= 4 is 5.91 Å². The number of piperidine rings is 1. The molecule has 6 nitrogen and oxygen atoms in total. The van der Waals surface area contributed by atoms with Crippen LogP contribution in [0.2, 0.25) is 0 Å². The number of carbonyl (C=O) groups is 1. The van der Waals surface area contributed by atoms with Crippen LogP contribution in [-0.2, 0) is 16.1 Å². The van der Waals surface area contributed by atoms with Gasteiger partial charge in [-0.15, -0.1) is 0 Å². The summed E-state index contributed by atoms with van der Waals surface area (Å²) in [6.45, 7) is 9.94. The van der Waals surface area contributed by atoms with Crippen LogP contribution in [0.25, 0.3) is 0 Å². The lowest BCUT2D eigenvalue weighted by atomic mass is 9.91. The molecule has 37 heavy (non-hydrogen) atoms. The van der Waals surface area contributed by atoms with E-state index in [2.05, 4.69) is 55.1 Å². The third kappa shape index (κ3) is 7.96. The van der Waals surface area contributed by atoms with Crippen molar-refractivity contribution in [2.45, 2.75) is 70.9 Å². The molecule has 0 N–H and O–H groups in total. The largest absolute Gasteiger partial charge is 0.494 e. The summed E-state index contributed by atoms with van der Waals surface area (Å²) in [4.78, 5) is 16.7. The van der Waals surface area contributed by atoms with Crippen LogP contribution in [-0.4, -0.2) is 67.8 Å². The summed E-state index contributed by atoms with van der Waals surface area (Å²) in [5.74, 6) is 2.15. The number of aryl methyl sites for hydroxylation is 2. The fraction of sp³-hybridized carbons (Fsp3) is 0.581. The first-order chi connectivity index (χ1) is 18.0. The number of amides is 1. The second-order valence-corrected chi connectivity index (χ2v) is 10.8. The number of benzene rings is 2. The lowest BCUT2D eigenvalue weighted by Gasteiger charge is -2.40. The predicted octanol–water partition coefficient (Wildman–Crippen LogP) is 5.53. The van der Waals surface area contributed by atoms with Gasteiger partial charge in [-0.1, -0.05) is 36.2 Å². The zero-order valence-electron chi connectivity index (χ0n) is 23.0. The molecule has 0 aromatic heterocycles. The quantitative estimate of drug-likeness (QED) is 0.373. The van der Waals surface area contributed by atoms with Crippen molar-refractivity contribution in [1.82, 2.24) is 9.80 Å². The lowest BCUT2D eigenvalue weighted by molar-refractivity contribution is -0.130. The van der Waals surface area contributed by atoms with Crippen molar-refractivity contribution in [3.8, 4) is 11.5 Å². The molecule has 2 aliphatic heterocycles. The summed E-state index contributed by atoms with van der Waals surface area (Å²) in [5.41, 5.74) is 3.43. The molecule has 2 saturated heterocycles. The van der Waals surface area contributed by atoms with E-state index in [1.807, 2.05) is 18.1 Å². The Labute approximate surface area is 222 Å². The van der Waals surface area contributed by atoms with Gasteiger partial charge in [-0.25, -0.2) is 0 Å². The average molecular weight is 509 g/mol. The molecule has 4 rings (SSSR count). The number of carbonyl (C=O) groups excluding carboxylic acids is 1. The van der Waals surface area contributed by atoms with E-state index < -0.39 is 0 Å². The van der Waals surface area contributed by atoms with Crippen molar-refractivity contribution in [3.63, 3.8) is 0 Å². The standard InChI is InChI=1S/C31H44N2O4/c1-25-12-13-29(26(2)21-25)37-24-31(35-3)14-18-32(19-15-31)23-27-9-7-10-28(22-27)36-20-8-17-33-16-6-4-5-11-30(33)34/h7,9-10,12-13,21-22H,4-6,8,11,14-20,23-24H2,1-3H3. The normalized spacial score (nSPS) is 18.5. The molecular weight excluding hydrogens is 464 g/mol. The van der Waals surface area contributed by atoms with Crippen molar-refractivity contribution < 1.29 is 19.0 Å². The molecule has 0 unspecified atom stereocenters. The van der Waals surface area contributed by atoms with E-state index in [-0.39, 0.29) is 5.60 Å². The van der Waals surface area contributed by atoms with E-state index in [0.717, 1.165) is 82.7 Å². The van der Waals surface area contributed by atoms with Gasteiger partial charge in [0.15, 0.2) is 0 Å². The first kappa shape index (κ1) is 27.5. The zero-order valence-corrected chi connectivity index (χ0v) is 23.0. The molecule has 2 aromatic rings. The average Bonchev–Trinajstić information content (AvgIpc) is 3.11. The third-order valence-corrected chi connectivity index (χ3v) is 7.84. The van der Waals surface area contributed by atoms with Crippen LogP contribution >= 0.6 is 0 Å². The molecule has 2 heterocycles. The minimum atomic E-state index is -0.243. The smallest absolute Gasteiger partial charge is 0.222 e. The van der Waals surface area contributed by atoms with Crippen LogP contribution in [0.4, 0.5) is 0 Å². The van der Waals surface area contributed by atoms with Gasteiger partial charge in [0.05, 0.1) is 6.61 Å². The van der Waals surface area contributed by atoms with Crippen LogP contribution in [0, 0.1) is 13.8 Å². The molecule has 0 radical (unpaired) electrons. The number of hydrogen-bond donors (Lipinski definition) is 0. The van der Waals surface area contributed by atoms with Crippen LogP contribution in [0.3, 0.4) is 0 Å². The topological polar surface area (TPSA) is 51.2 Å². The Morgan fingerprint density at radius 2 is 1.78 bits per heavy atom. The van der Waals surface area contributed by atoms with Crippen molar-refractivity contribution in [2.75, 3.05) is 46.5 Å². The Morgan fingerprint density at radius 1 is 0.946 bits per heavy atom. The maximum Gasteiger partial charge on any atom is 0.222 e. The maximum atomic E-state index is 12.2. The lowest BCUT2D eigenvalue weighted by Crippen LogP contribution is -2.48. The van der Waals surface area contributed by atoms with E-state index in [1.54, 1.807) is 0 Å². The second-order valence-electron chi connectivity index (χ2n) is 10.8. The summed E-state index contributed by atoms with van der Waals surface area (Å²) in [6, 6.07) is 14.7. The molecule has 6 heteroatoms. The summed E-state index contributed by atoms with van der Waals surface area (Å²) in [7, 11) is 1.81.